The number of primary amides is 1. The third kappa shape index (κ3) is 4.85. The van der Waals surface area contributed by atoms with Crippen molar-refractivity contribution in [1.29, 1.82) is 0 Å². The fourth-order valence-corrected chi connectivity index (χ4v) is 2.05. The molecule has 1 aromatic rings. The first-order chi connectivity index (χ1) is 9.29. The SMILES string of the molecule is CC(C)CN(CC(N)=O)Cc1ccc([N+](=O)[O-])c(N)c1. The highest BCUT2D eigenvalue weighted by atomic mass is 16.6. The summed E-state index contributed by atoms with van der Waals surface area (Å²) in [5, 5.41) is 10.7. The van der Waals surface area contributed by atoms with Crippen LogP contribution in [0.15, 0.2) is 18.2 Å². The van der Waals surface area contributed by atoms with E-state index in [0.29, 0.717) is 19.0 Å². The highest BCUT2D eigenvalue weighted by molar-refractivity contribution is 5.75. The fourth-order valence-electron chi connectivity index (χ4n) is 2.05. The Morgan fingerprint density at radius 3 is 2.55 bits per heavy atom. The Morgan fingerprint density at radius 1 is 1.45 bits per heavy atom. The number of benzene rings is 1. The van der Waals surface area contributed by atoms with Crippen LogP contribution in [0.2, 0.25) is 0 Å². The van der Waals surface area contributed by atoms with Gasteiger partial charge in [0.25, 0.3) is 5.69 Å². The molecule has 0 atom stereocenters. The fraction of sp³-hybridized carbons (Fsp3) is 0.462. The Bertz CT molecular complexity index is 502. The molecule has 0 radical (unpaired) electrons. The minimum Gasteiger partial charge on any atom is -0.393 e. The molecular formula is C13H20N4O3. The molecule has 110 valence electrons. The van der Waals surface area contributed by atoms with Crippen LogP contribution in [0, 0.1) is 16.0 Å². The third-order valence-electron chi connectivity index (χ3n) is 2.70. The van der Waals surface area contributed by atoms with Crippen LogP contribution in [0.5, 0.6) is 0 Å². The normalized spacial score (nSPS) is 11.0. The van der Waals surface area contributed by atoms with Crippen LogP contribution in [0.1, 0.15) is 19.4 Å². The second-order valence-electron chi connectivity index (χ2n) is 5.18. The second kappa shape index (κ2) is 6.85. The number of carbonyl (C=O) groups excluding carboxylic acids is 1. The quantitative estimate of drug-likeness (QED) is 0.441. The number of amides is 1. The van der Waals surface area contributed by atoms with Crippen molar-refractivity contribution < 1.29 is 9.72 Å². The molecule has 0 aromatic heterocycles. The molecule has 0 aliphatic carbocycles. The topological polar surface area (TPSA) is 115 Å². The van der Waals surface area contributed by atoms with Crippen LogP contribution in [0.25, 0.3) is 0 Å². The van der Waals surface area contributed by atoms with Gasteiger partial charge in [0.1, 0.15) is 5.69 Å². The molecule has 0 saturated heterocycles. The number of anilines is 1. The number of carbonyl (C=O) groups is 1. The van der Waals surface area contributed by atoms with Gasteiger partial charge in [0.05, 0.1) is 11.5 Å². The van der Waals surface area contributed by atoms with Gasteiger partial charge in [-0.1, -0.05) is 19.9 Å². The zero-order chi connectivity index (χ0) is 15.3. The summed E-state index contributed by atoms with van der Waals surface area (Å²) >= 11 is 0. The minimum absolute atomic E-state index is 0.112. The molecule has 0 aliphatic heterocycles. The molecule has 4 N–H and O–H groups in total. The molecular weight excluding hydrogens is 260 g/mol. The Labute approximate surface area is 117 Å². The van der Waals surface area contributed by atoms with Crippen LogP contribution >= 0.6 is 0 Å². The summed E-state index contributed by atoms with van der Waals surface area (Å²) in [6.45, 7) is 5.41. The number of hydrogen-bond donors (Lipinski definition) is 2. The molecule has 7 heteroatoms. The van der Waals surface area contributed by atoms with Crippen LogP contribution < -0.4 is 11.5 Å². The molecule has 1 amide bonds. The summed E-state index contributed by atoms with van der Waals surface area (Å²) in [6, 6.07) is 4.58. The van der Waals surface area contributed by atoms with Gasteiger partial charge in [0.15, 0.2) is 0 Å². The molecule has 0 bridgehead atoms. The van der Waals surface area contributed by atoms with E-state index in [1.54, 1.807) is 12.1 Å². The first-order valence-corrected chi connectivity index (χ1v) is 6.33. The maximum Gasteiger partial charge on any atom is 0.292 e. The van der Waals surface area contributed by atoms with Crippen molar-refractivity contribution in [2.45, 2.75) is 20.4 Å². The average molecular weight is 280 g/mol. The Balaban J connectivity index is 2.85. The van der Waals surface area contributed by atoms with Gasteiger partial charge < -0.3 is 11.5 Å². The minimum atomic E-state index is -0.519. The lowest BCUT2D eigenvalue weighted by Crippen LogP contribution is -2.35. The van der Waals surface area contributed by atoms with E-state index in [4.69, 9.17) is 11.5 Å². The van der Waals surface area contributed by atoms with Gasteiger partial charge in [0, 0.05) is 19.2 Å². The van der Waals surface area contributed by atoms with Gasteiger partial charge in [-0.25, -0.2) is 0 Å². The predicted octanol–water partition coefficient (Wildman–Crippen LogP) is 1.12. The third-order valence-corrected chi connectivity index (χ3v) is 2.70. The van der Waals surface area contributed by atoms with E-state index >= 15 is 0 Å². The van der Waals surface area contributed by atoms with Gasteiger partial charge >= 0.3 is 0 Å². The molecule has 0 unspecified atom stereocenters. The van der Waals surface area contributed by atoms with Crippen molar-refractivity contribution in [1.82, 2.24) is 4.90 Å². The lowest BCUT2D eigenvalue weighted by Gasteiger charge is -2.22. The second-order valence-corrected chi connectivity index (χ2v) is 5.18. The number of nitrogens with two attached hydrogens (primary N) is 2. The molecule has 7 nitrogen and oxygen atoms in total. The van der Waals surface area contributed by atoms with Gasteiger partial charge in [-0.15, -0.1) is 0 Å². The highest BCUT2D eigenvalue weighted by Crippen LogP contribution is 2.22. The molecule has 1 aromatic carbocycles. The maximum absolute atomic E-state index is 11.1. The van der Waals surface area contributed by atoms with E-state index in [9.17, 15) is 14.9 Å². The number of rotatable bonds is 7. The summed E-state index contributed by atoms with van der Waals surface area (Å²) < 4.78 is 0. The lowest BCUT2D eigenvalue weighted by molar-refractivity contribution is -0.383. The van der Waals surface area contributed by atoms with E-state index in [1.165, 1.54) is 6.07 Å². The van der Waals surface area contributed by atoms with Crippen LogP contribution in [0.3, 0.4) is 0 Å². The first kappa shape index (κ1) is 15.9. The van der Waals surface area contributed by atoms with Gasteiger partial charge in [-0.05, 0) is 17.5 Å². The molecule has 0 saturated carbocycles. The monoisotopic (exact) mass is 280 g/mol. The van der Waals surface area contributed by atoms with E-state index in [0.717, 1.165) is 5.56 Å². The van der Waals surface area contributed by atoms with Gasteiger partial charge in [0.2, 0.25) is 5.91 Å². The van der Waals surface area contributed by atoms with Crippen molar-refractivity contribution in [2.75, 3.05) is 18.8 Å². The number of hydrogen-bond acceptors (Lipinski definition) is 5. The Morgan fingerprint density at radius 2 is 2.10 bits per heavy atom. The lowest BCUT2D eigenvalue weighted by atomic mass is 10.1. The predicted molar refractivity (Wildman–Crippen MR) is 76.8 cm³/mol. The summed E-state index contributed by atoms with van der Waals surface area (Å²) in [6.07, 6.45) is 0. The summed E-state index contributed by atoms with van der Waals surface area (Å²) in [5.41, 5.74) is 11.7. The van der Waals surface area contributed by atoms with Crippen molar-refractivity contribution in [3.63, 3.8) is 0 Å². The van der Waals surface area contributed by atoms with E-state index in [1.807, 2.05) is 18.7 Å². The molecule has 0 heterocycles. The number of nitrogen functional groups attached to an aromatic ring is 1. The van der Waals surface area contributed by atoms with Crippen LogP contribution in [-0.4, -0.2) is 28.8 Å². The van der Waals surface area contributed by atoms with Crippen molar-refractivity contribution in [3.05, 3.63) is 33.9 Å². The van der Waals surface area contributed by atoms with Crippen molar-refractivity contribution in [2.24, 2.45) is 11.7 Å². The zero-order valence-corrected chi connectivity index (χ0v) is 11.7. The molecule has 0 spiro atoms. The maximum atomic E-state index is 11.1. The van der Waals surface area contributed by atoms with E-state index in [-0.39, 0.29) is 17.9 Å². The molecule has 20 heavy (non-hydrogen) atoms. The Kier molecular flexibility index (Phi) is 5.45. The highest BCUT2D eigenvalue weighted by Gasteiger charge is 2.14. The molecule has 0 fully saturated rings. The number of nitrogens with zero attached hydrogens (tertiary/aromatic N) is 2. The van der Waals surface area contributed by atoms with Crippen molar-refractivity contribution >= 4 is 17.3 Å². The average Bonchev–Trinajstić information content (AvgIpc) is 2.26. The first-order valence-electron chi connectivity index (χ1n) is 6.33. The van der Waals surface area contributed by atoms with Crippen LogP contribution in [0.4, 0.5) is 11.4 Å². The standard InChI is InChI=1S/C13H20N4O3/c1-9(2)6-16(8-13(15)18)7-10-3-4-12(17(19)20)11(14)5-10/h3-5,9H,6-8,14H2,1-2H3,(H2,15,18). The van der Waals surface area contributed by atoms with E-state index < -0.39 is 10.8 Å². The zero-order valence-electron chi connectivity index (χ0n) is 11.7. The van der Waals surface area contributed by atoms with E-state index in [2.05, 4.69) is 0 Å². The summed E-state index contributed by atoms with van der Waals surface area (Å²) in [7, 11) is 0. The number of nitro groups is 1. The Hall–Kier alpha value is -2.15. The van der Waals surface area contributed by atoms with Crippen molar-refractivity contribution in [3.8, 4) is 0 Å². The summed E-state index contributed by atoms with van der Waals surface area (Å²) in [5.74, 6) is -0.0229. The van der Waals surface area contributed by atoms with Gasteiger partial charge in [-0.2, -0.15) is 0 Å². The molecule has 0 aliphatic rings. The van der Waals surface area contributed by atoms with Crippen LogP contribution in [-0.2, 0) is 11.3 Å². The smallest absolute Gasteiger partial charge is 0.292 e. The molecule has 1 rings (SSSR count). The number of nitro benzene ring substituents is 1. The largest absolute Gasteiger partial charge is 0.393 e. The van der Waals surface area contributed by atoms with Gasteiger partial charge in [-0.3, -0.25) is 19.8 Å². The summed E-state index contributed by atoms with van der Waals surface area (Å²) in [4.78, 5) is 23.1.